The molecule has 5 rings (SSSR count). The Kier molecular flexibility index (Phi) is 7.36. The predicted octanol–water partition coefficient (Wildman–Crippen LogP) is 3.57. The van der Waals surface area contributed by atoms with Gasteiger partial charge in [0.25, 0.3) is 0 Å². The third-order valence-corrected chi connectivity index (χ3v) is 7.82. The molecule has 0 aliphatic carbocycles. The van der Waals surface area contributed by atoms with Gasteiger partial charge in [-0.2, -0.15) is 0 Å². The van der Waals surface area contributed by atoms with Gasteiger partial charge in [0.15, 0.2) is 10.9 Å². The topological polar surface area (TPSA) is 71.0 Å². The first-order valence-corrected chi connectivity index (χ1v) is 13.2. The lowest BCUT2D eigenvalue weighted by Crippen LogP contribution is -2.49. The third-order valence-electron chi connectivity index (χ3n) is 6.47. The SMILES string of the molecule is O=C(CSc1nc(Cl)cc(N2CCC3(CC2)OCCO3)n1)N1CCN(c2ccccc2Cl)CC1. The molecule has 2 aromatic rings. The number of rotatable bonds is 5. The maximum atomic E-state index is 12.8. The van der Waals surface area contributed by atoms with Crippen LogP contribution in [0.4, 0.5) is 11.5 Å². The summed E-state index contributed by atoms with van der Waals surface area (Å²) in [6, 6.07) is 9.58. The van der Waals surface area contributed by atoms with Gasteiger partial charge in [-0.3, -0.25) is 4.79 Å². The number of carbonyl (C=O) groups excluding carboxylic acids is 1. The van der Waals surface area contributed by atoms with Crippen LogP contribution in [0.3, 0.4) is 0 Å². The summed E-state index contributed by atoms with van der Waals surface area (Å²) in [5.74, 6) is 0.685. The smallest absolute Gasteiger partial charge is 0.233 e. The summed E-state index contributed by atoms with van der Waals surface area (Å²) in [6.45, 7) is 5.67. The van der Waals surface area contributed by atoms with Crippen LogP contribution in [0.2, 0.25) is 10.2 Å². The molecule has 0 N–H and O–H groups in total. The molecule has 3 aliphatic rings. The van der Waals surface area contributed by atoms with Crippen molar-refractivity contribution in [2.75, 3.05) is 68.0 Å². The fourth-order valence-electron chi connectivity index (χ4n) is 4.60. The first-order chi connectivity index (χ1) is 16.5. The number of aromatic nitrogens is 2. The summed E-state index contributed by atoms with van der Waals surface area (Å²) >= 11 is 13.9. The van der Waals surface area contributed by atoms with Gasteiger partial charge in [-0.15, -0.1) is 0 Å². The highest BCUT2D eigenvalue weighted by molar-refractivity contribution is 7.99. The number of hydrogen-bond donors (Lipinski definition) is 0. The molecule has 182 valence electrons. The van der Waals surface area contributed by atoms with Crippen LogP contribution in [0, 0.1) is 0 Å². The van der Waals surface area contributed by atoms with Crippen LogP contribution in [0.25, 0.3) is 0 Å². The van der Waals surface area contributed by atoms with Crippen LogP contribution in [0.5, 0.6) is 0 Å². The fourth-order valence-corrected chi connectivity index (χ4v) is 5.84. The molecule has 1 aromatic heterocycles. The molecule has 0 unspecified atom stereocenters. The molecule has 0 atom stereocenters. The molecule has 3 saturated heterocycles. The maximum Gasteiger partial charge on any atom is 0.233 e. The number of ether oxygens (including phenoxy) is 2. The zero-order chi connectivity index (χ0) is 23.5. The molecule has 0 bridgehead atoms. The second-order valence-electron chi connectivity index (χ2n) is 8.53. The highest BCUT2D eigenvalue weighted by Crippen LogP contribution is 2.33. The Labute approximate surface area is 213 Å². The highest BCUT2D eigenvalue weighted by Gasteiger charge is 2.40. The van der Waals surface area contributed by atoms with Crippen molar-refractivity contribution in [1.29, 1.82) is 0 Å². The molecule has 3 fully saturated rings. The Morgan fingerprint density at radius 2 is 1.68 bits per heavy atom. The predicted molar refractivity (Wildman–Crippen MR) is 134 cm³/mol. The van der Waals surface area contributed by atoms with Crippen LogP contribution in [0.1, 0.15) is 12.8 Å². The van der Waals surface area contributed by atoms with Crippen molar-refractivity contribution >= 4 is 52.4 Å². The van der Waals surface area contributed by atoms with Gasteiger partial charge >= 0.3 is 0 Å². The number of carbonyl (C=O) groups is 1. The minimum absolute atomic E-state index is 0.0735. The van der Waals surface area contributed by atoms with E-state index in [-0.39, 0.29) is 11.7 Å². The number of para-hydroxylation sites is 1. The van der Waals surface area contributed by atoms with Crippen LogP contribution < -0.4 is 9.80 Å². The van der Waals surface area contributed by atoms with Crippen molar-refractivity contribution in [3.8, 4) is 0 Å². The Morgan fingerprint density at radius 1 is 0.971 bits per heavy atom. The lowest BCUT2D eigenvalue weighted by atomic mass is 10.0. The Bertz CT molecular complexity index is 1020. The molecular weight excluding hydrogens is 497 g/mol. The number of amides is 1. The van der Waals surface area contributed by atoms with Gasteiger partial charge in [-0.25, -0.2) is 9.97 Å². The van der Waals surface area contributed by atoms with Gasteiger partial charge < -0.3 is 24.2 Å². The van der Waals surface area contributed by atoms with Crippen molar-refractivity contribution in [3.63, 3.8) is 0 Å². The monoisotopic (exact) mass is 523 g/mol. The molecule has 3 aliphatic heterocycles. The first kappa shape index (κ1) is 23.9. The second-order valence-corrected chi connectivity index (χ2v) is 10.3. The van der Waals surface area contributed by atoms with E-state index >= 15 is 0 Å². The quantitative estimate of drug-likeness (QED) is 0.334. The molecule has 0 saturated carbocycles. The highest BCUT2D eigenvalue weighted by atomic mass is 35.5. The molecular formula is C23H27Cl2N5O3S. The zero-order valence-electron chi connectivity index (χ0n) is 18.8. The Balaban J connectivity index is 1.14. The van der Waals surface area contributed by atoms with Gasteiger partial charge in [0.2, 0.25) is 5.91 Å². The molecule has 4 heterocycles. The van der Waals surface area contributed by atoms with Gasteiger partial charge in [-0.05, 0) is 12.1 Å². The number of anilines is 2. The fraction of sp³-hybridized carbons (Fsp3) is 0.522. The van der Waals surface area contributed by atoms with Crippen LogP contribution >= 0.6 is 35.0 Å². The van der Waals surface area contributed by atoms with Gasteiger partial charge in [0, 0.05) is 58.2 Å². The van der Waals surface area contributed by atoms with E-state index in [0.29, 0.717) is 36.6 Å². The van der Waals surface area contributed by atoms with Crippen molar-refractivity contribution in [1.82, 2.24) is 14.9 Å². The molecule has 1 spiro atoms. The molecule has 0 radical (unpaired) electrons. The van der Waals surface area contributed by atoms with Crippen molar-refractivity contribution in [2.24, 2.45) is 0 Å². The van der Waals surface area contributed by atoms with E-state index in [0.717, 1.165) is 55.5 Å². The Morgan fingerprint density at radius 3 is 2.38 bits per heavy atom. The summed E-state index contributed by atoms with van der Waals surface area (Å²) in [4.78, 5) is 28.1. The average Bonchev–Trinajstić information content (AvgIpc) is 3.31. The summed E-state index contributed by atoms with van der Waals surface area (Å²) in [5.41, 5.74) is 1.01. The standard InChI is InChI=1S/C23H27Cl2N5O3S/c24-17-3-1-2-4-18(17)28-9-11-30(12-10-28)21(31)16-34-22-26-19(25)15-20(27-22)29-7-5-23(6-8-29)32-13-14-33-23/h1-4,15H,5-14,16H2. The number of piperazine rings is 1. The summed E-state index contributed by atoms with van der Waals surface area (Å²) < 4.78 is 11.6. The maximum absolute atomic E-state index is 12.8. The summed E-state index contributed by atoms with van der Waals surface area (Å²) in [6.07, 6.45) is 1.57. The lowest BCUT2D eigenvalue weighted by Gasteiger charge is -2.38. The minimum atomic E-state index is -0.437. The average molecular weight is 524 g/mol. The first-order valence-electron chi connectivity index (χ1n) is 11.5. The number of thioether (sulfide) groups is 1. The lowest BCUT2D eigenvalue weighted by molar-refractivity contribution is -0.169. The van der Waals surface area contributed by atoms with E-state index in [1.807, 2.05) is 29.2 Å². The van der Waals surface area contributed by atoms with E-state index in [1.165, 1.54) is 11.8 Å². The number of nitrogens with zero attached hydrogens (tertiary/aromatic N) is 5. The van der Waals surface area contributed by atoms with E-state index in [9.17, 15) is 4.79 Å². The minimum Gasteiger partial charge on any atom is -0.367 e. The Hall–Kier alpha value is -1.78. The zero-order valence-corrected chi connectivity index (χ0v) is 21.1. The molecule has 11 heteroatoms. The van der Waals surface area contributed by atoms with Gasteiger partial charge in [0.05, 0.1) is 29.7 Å². The number of halogens is 2. The summed E-state index contributed by atoms with van der Waals surface area (Å²) in [5, 5.41) is 1.63. The van der Waals surface area contributed by atoms with E-state index < -0.39 is 5.79 Å². The third kappa shape index (κ3) is 5.39. The molecule has 8 nitrogen and oxygen atoms in total. The number of hydrogen-bond acceptors (Lipinski definition) is 8. The van der Waals surface area contributed by atoms with Gasteiger partial charge in [0.1, 0.15) is 11.0 Å². The van der Waals surface area contributed by atoms with Crippen LogP contribution in [-0.4, -0.2) is 84.8 Å². The van der Waals surface area contributed by atoms with Crippen molar-refractivity contribution in [3.05, 3.63) is 40.5 Å². The van der Waals surface area contributed by atoms with Crippen LogP contribution in [0.15, 0.2) is 35.5 Å². The number of benzene rings is 1. The van der Waals surface area contributed by atoms with Crippen molar-refractivity contribution in [2.45, 2.75) is 23.8 Å². The van der Waals surface area contributed by atoms with E-state index in [1.54, 1.807) is 6.07 Å². The normalized spacial score (nSPS) is 20.2. The van der Waals surface area contributed by atoms with Gasteiger partial charge in [-0.1, -0.05) is 47.1 Å². The van der Waals surface area contributed by atoms with E-state index in [2.05, 4.69) is 19.8 Å². The number of piperidine rings is 1. The molecule has 1 amide bonds. The van der Waals surface area contributed by atoms with Crippen LogP contribution in [-0.2, 0) is 14.3 Å². The largest absolute Gasteiger partial charge is 0.367 e. The summed E-state index contributed by atoms with van der Waals surface area (Å²) in [7, 11) is 0. The molecule has 34 heavy (non-hydrogen) atoms. The molecule has 1 aromatic carbocycles. The van der Waals surface area contributed by atoms with E-state index in [4.69, 9.17) is 32.7 Å². The second kappa shape index (κ2) is 10.5. The van der Waals surface area contributed by atoms with Crippen molar-refractivity contribution < 1.29 is 14.3 Å².